The van der Waals surface area contributed by atoms with Crippen LogP contribution in [-0.4, -0.2) is 33.7 Å². The molecule has 1 aromatic rings. The van der Waals surface area contributed by atoms with Gasteiger partial charge in [0.05, 0.1) is 18.4 Å². The summed E-state index contributed by atoms with van der Waals surface area (Å²) in [6.07, 6.45) is 1.55. The van der Waals surface area contributed by atoms with Crippen LogP contribution in [0, 0.1) is 5.92 Å². The molecule has 1 aliphatic rings. The van der Waals surface area contributed by atoms with Crippen molar-refractivity contribution >= 4 is 11.6 Å². The standard InChI is InChI=1S/C10H16N4O/c1-7(2)6-13-3-4-14-9(10(13)15)8(11)5-12-14/h5,7H,3-4,6,11H2,1-2H3. The molecular formula is C10H16N4O. The molecule has 0 atom stereocenters. The minimum Gasteiger partial charge on any atom is -0.396 e. The smallest absolute Gasteiger partial charge is 0.274 e. The molecule has 5 heteroatoms. The van der Waals surface area contributed by atoms with Crippen molar-refractivity contribution in [3.8, 4) is 0 Å². The van der Waals surface area contributed by atoms with Gasteiger partial charge in [-0.15, -0.1) is 0 Å². The third kappa shape index (κ3) is 1.69. The lowest BCUT2D eigenvalue weighted by Crippen LogP contribution is -2.42. The van der Waals surface area contributed by atoms with Crippen LogP contribution in [0.15, 0.2) is 6.20 Å². The summed E-state index contributed by atoms with van der Waals surface area (Å²) in [5.41, 5.74) is 6.74. The van der Waals surface area contributed by atoms with E-state index in [1.165, 1.54) is 0 Å². The quantitative estimate of drug-likeness (QED) is 0.773. The van der Waals surface area contributed by atoms with Crippen LogP contribution in [0.4, 0.5) is 5.69 Å². The van der Waals surface area contributed by atoms with Crippen molar-refractivity contribution in [3.63, 3.8) is 0 Å². The highest BCUT2D eigenvalue weighted by atomic mass is 16.2. The van der Waals surface area contributed by atoms with E-state index in [0.29, 0.717) is 17.3 Å². The van der Waals surface area contributed by atoms with Gasteiger partial charge in [-0.05, 0) is 5.92 Å². The molecule has 1 aromatic heterocycles. The maximum Gasteiger partial charge on any atom is 0.274 e. The second-order valence-corrected chi connectivity index (χ2v) is 4.32. The first-order valence-electron chi connectivity index (χ1n) is 5.20. The topological polar surface area (TPSA) is 64.2 Å². The summed E-state index contributed by atoms with van der Waals surface area (Å²) >= 11 is 0. The second kappa shape index (κ2) is 3.56. The van der Waals surface area contributed by atoms with Gasteiger partial charge in [-0.2, -0.15) is 5.10 Å². The van der Waals surface area contributed by atoms with Crippen molar-refractivity contribution < 1.29 is 4.79 Å². The highest BCUT2D eigenvalue weighted by Gasteiger charge is 2.27. The number of rotatable bonds is 2. The van der Waals surface area contributed by atoms with Gasteiger partial charge in [-0.1, -0.05) is 13.8 Å². The van der Waals surface area contributed by atoms with Crippen LogP contribution in [-0.2, 0) is 6.54 Å². The number of aromatic nitrogens is 2. The van der Waals surface area contributed by atoms with Crippen molar-refractivity contribution in [2.24, 2.45) is 5.92 Å². The van der Waals surface area contributed by atoms with Gasteiger partial charge in [0.25, 0.3) is 5.91 Å². The molecule has 82 valence electrons. The SMILES string of the molecule is CC(C)CN1CCn2ncc(N)c2C1=O. The lowest BCUT2D eigenvalue weighted by Gasteiger charge is -2.29. The van der Waals surface area contributed by atoms with E-state index in [-0.39, 0.29) is 5.91 Å². The Labute approximate surface area is 88.8 Å². The molecule has 0 fully saturated rings. The predicted molar refractivity (Wildman–Crippen MR) is 57.4 cm³/mol. The summed E-state index contributed by atoms with van der Waals surface area (Å²) in [6.45, 7) is 6.45. The summed E-state index contributed by atoms with van der Waals surface area (Å²) in [7, 11) is 0. The lowest BCUT2D eigenvalue weighted by molar-refractivity contribution is 0.0677. The van der Waals surface area contributed by atoms with Crippen LogP contribution in [0.25, 0.3) is 0 Å². The molecule has 1 aliphatic heterocycles. The van der Waals surface area contributed by atoms with Crippen molar-refractivity contribution in [3.05, 3.63) is 11.9 Å². The average molecular weight is 208 g/mol. The minimum atomic E-state index is 0.00458. The maximum atomic E-state index is 12.0. The molecule has 1 amide bonds. The summed E-state index contributed by atoms with van der Waals surface area (Å²) in [5, 5.41) is 4.06. The van der Waals surface area contributed by atoms with E-state index in [0.717, 1.165) is 19.6 Å². The van der Waals surface area contributed by atoms with Gasteiger partial charge in [0.15, 0.2) is 0 Å². The van der Waals surface area contributed by atoms with Gasteiger partial charge < -0.3 is 10.6 Å². The highest BCUT2D eigenvalue weighted by Crippen LogP contribution is 2.18. The zero-order chi connectivity index (χ0) is 11.0. The number of hydrogen-bond donors (Lipinski definition) is 1. The van der Waals surface area contributed by atoms with E-state index >= 15 is 0 Å². The Bertz CT molecular complexity index is 383. The minimum absolute atomic E-state index is 0.00458. The average Bonchev–Trinajstić information content (AvgIpc) is 2.53. The Morgan fingerprint density at radius 2 is 2.27 bits per heavy atom. The fraction of sp³-hybridized carbons (Fsp3) is 0.600. The van der Waals surface area contributed by atoms with Gasteiger partial charge >= 0.3 is 0 Å². The van der Waals surface area contributed by atoms with Crippen LogP contribution >= 0.6 is 0 Å². The van der Waals surface area contributed by atoms with Crippen LogP contribution < -0.4 is 5.73 Å². The number of carbonyl (C=O) groups is 1. The Morgan fingerprint density at radius 3 is 2.93 bits per heavy atom. The summed E-state index contributed by atoms with van der Waals surface area (Å²) in [4.78, 5) is 13.9. The first kappa shape index (κ1) is 10.0. The van der Waals surface area contributed by atoms with Crippen LogP contribution in [0.5, 0.6) is 0 Å². The Hall–Kier alpha value is -1.52. The molecule has 0 unspecified atom stereocenters. The third-order valence-corrected chi connectivity index (χ3v) is 2.52. The Balaban J connectivity index is 2.25. The van der Waals surface area contributed by atoms with Crippen molar-refractivity contribution in [1.82, 2.24) is 14.7 Å². The first-order chi connectivity index (χ1) is 7.09. The number of amides is 1. The van der Waals surface area contributed by atoms with E-state index in [2.05, 4.69) is 18.9 Å². The van der Waals surface area contributed by atoms with Crippen molar-refractivity contribution in [2.45, 2.75) is 20.4 Å². The number of carbonyl (C=O) groups excluding carboxylic acids is 1. The molecule has 2 heterocycles. The molecule has 5 nitrogen and oxygen atoms in total. The predicted octanol–water partition coefficient (Wildman–Crippen LogP) is 0.577. The normalized spacial score (nSPS) is 15.9. The molecule has 0 spiro atoms. The van der Waals surface area contributed by atoms with Gasteiger partial charge in [0.1, 0.15) is 5.69 Å². The Morgan fingerprint density at radius 1 is 1.53 bits per heavy atom. The van der Waals surface area contributed by atoms with Crippen LogP contribution in [0.3, 0.4) is 0 Å². The number of anilines is 1. The first-order valence-corrected chi connectivity index (χ1v) is 5.20. The summed E-state index contributed by atoms with van der Waals surface area (Å²) in [6, 6.07) is 0. The van der Waals surface area contributed by atoms with Gasteiger partial charge in [-0.25, -0.2) is 0 Å². The fourth-order valence-electron chi connectivity index (χ4n) is 1.88. The van der Waals surface area contributed by atoms with Crippen molar-refractivity contribution in [1.29, 1.82) is 0 Å². The Kier molecular flexibility index (Phi) is 2.38. The van der Waals surface area contributed by atoms with E-state index < -0.39 is 0 Å². The molecule has 2 N–H and O–H groups in total. The number of nitrogens with zero attached hydrogens (tertiary/aromatic N) is 3. The van der Waals surface area contributed by atoms with Gasteiger partial charge in [-0.3, -0.25) is 9.48 Å². The van der Waals surface area contributed by atoms with Crippen LogP contribution in [0.1, 0.15) is 24.3 Å². The molecule has 0 radical (unpaired) electrons. The zero-order valence-electron chi connectivity index (χ0n) is 9.10. The maximum absolute atomic E-state index is 12.0. The van der Waals surface area contributed by atoms with E-state index in [4.69, 9.17) is 5.73 Å². The molecule has 0 saturated carbocycles. The zero-order valence-corrected chi connectivity index (χ0v) is 9.10. The van der Waals surface area contributed by atoms with Crippen molar-refractivity contribution in [2.75, 3.05) is 18.8 Å². The van der Waals surface area contributed by atoms with Gasteiger partial charge in [0, 0.05) is 13.1 Å². The second-order valence-electron chi connectivity index (χ2n) is 4.32. The monoisotopic (exact) mass is 208 g/mol. The van der Waals surface area contributed by atoms with Gasteiger partial charge in [0.2, 0.25) is 0 Å². The van der Waals surface area contributed by atoms with E-state index in [1.54, 1.807) is 10.9 Å². The number of hydrogen-bond acceptors (Lipinski definition) is 3. The van der Waals surface area contributed by atoms with E-state index in [1.807, 2.05) is 4.90 Å². The summed E-state index contributed by atoms with van der Waals surface area (Å²) in [5.74, 6) is 0.481. The molecule has 0 aromatic carbocycles. The fourth-order valence-corrected chi connectivity index (χ4v) is 1.88. The molecule has 2 rings (SSSR count). The highest BCUT2D eigenvalue weighted by molar-refractivity contribution is 5.97. The molecule has 0 bridgehead atoms. The molecule has 0 aliphatic carbocycles. The molecule has 0 saturated heterocycles. The number of fused-ring (bicyclic) bond motifs is 1. The summed E-state index contributed by atoms with van der Waals surface area (Å²) < 4.78 is 1.69. The largest absolute Gasteiger partial charge is 0.396 e. The third-order valence-electron chi connectivity index (χ3n) is 2.52. The molecule has 15 heavy (non-hydrogen) atoms. The number of nitrogens with two attached hydrogens (primary N) is 1. The van der Waals surface area contributed by atoms with Crippen LogP contribution in [0.2, 0.25) is 0 Å². The lowest BCUT2D eigenvalue weighted by atomic mass is 10.1. The molecular weight excluding hydrogens is 192 g/mol. The number of nitrogen functional groups attached to an aromatic ring is 1. The van der Waals surface area contributed by atoms with E-state index in [9.17, 15) is 4.79 Å².